The molecule has 1 aliphatic carbocycles. The van der Waals surface area contributed by atoms with E-state index in [1.54, 1.807) is 0 Å². The van der Waals surface area contributed by atoms with Crippen LogP contribution >= 0.6 is 12.4 Å². The summed E-state index contributed by atoms with van der Waals surface area (Å²) < 4.78 is 0. The van der Waals surface area contributed by atoms with Gasteiger partial charge in [-0.15, -0.1) is 12.4 Å². The Hall–Kier alpha value is -0.530. The van der Waals surface area contributed by atoms with Crippen molar-refractivity contribution >= 4 is 12.4 Å². The summed E-state index contributed by atoms with van der Waals surface area (Å²) in [5.41, 5.74) is 10.3. The Morgan fingerprint density at radius 1 is 1.20 bits per heavy atom. The molecular weight excluding hydrogens is 206 g/mol. The van der Waals surface area contributed by atoms with E-state index in [1.807, 2.05) is 0 Å². The van der Waals surface area contributed by atoms with Crippen molar-refractivity contribution in [3.8, 4) is 0 Å². The van der Waals surface area contributed by atoms with Crippen LogP contribution in [0.15, 0.2) is 18.2 Å². The molecule has 1 saturated carbocycles. The van der Waals surface area contributed by atoms with Crippen LogP contribution in [0.25, 0.3) is 0 Å². The minimum atomic E-state index is 0. The number of aryl methyl sites for hydroxylation is 2. The number of hydrogen-bond acceptors (Lipinski definition) is 1. The summed E-state index contributed by atoms with van der Waals surface area (Å²) >= 11 is 0. The lowest BCUT2D eigenvalue weighted by Crippen LogP contribution is -2.26. The standard InChI is InChI=1S/C13H19N.ClH/c1-9-6-7-12(8-10(9)2)13(14)11-4-3-5-11;/h6-8,11,13H,3-5,14H2,1-2H3;1H/t13-;/m1./s1. The van der Waals surface area contributed by atoms with E-state index >= 15 is 0 Å². The zero-order chi connectivity index (χ0) is 10.1. The van der Waals surface area contributed by atoms with E-state index in [0.29, 0.717) is 0 Å². The predicted octanol–water partition coefficient (Wildman–Crippen LogP) is 3.53. The van der Waals surface area contributed by atoms with Gasteiger partial charge in [0.15, 0.2) is 0 Å². The third-order valence-electron chi connectivity index (χ3n) is 3.57. The van der Waals surface area contributed by atoms with Crippen molar-refractivity contribution in [1.82, 2.24) is 0 Å². The number of hydrogen-bond donors (Lipinski definition) is 1. The quantitative estimate of drug-likeness (QED) is 0.819. The van der Waals surface area contributed by atoms with Gasteiger partial charge in [-0.1, -0.05) is 24.6 Å². The highest BCUT2D eigenvalue weighted by atomic mass is 35.5. The van der Waals surface area contributed by atoms with Gasteiger partial charge < -0.3 is 5.73 Å². The maximum atomic E-state index is 6.22. The van der Waals surface area contributed by atoms with Crippen LogP contribution in [-0.4, -0.2) is 0 Å². The van der Waals surface area contributed by atoms with Gasteiger partial charge in [-0.05, 0) is 49.3 Å². The number of nitrogens with two attached hydrogens (primary N) is 1. The van der Waals surface area contributed by atoms with Gasteiger partial charge in [0, 0.05) is 6.04 Å². The van der Waals surface area contributed by atoms with Crippen LogP contribution in [0.5, 0.6) is 0 Å². The Bertz CT molecular complexity index is 331. The van der Waals surface area contributed by atoms with Crippen LogP contribution in [0.4, 0.5) is 0 Å². The zero-order valence-electron chi connectivity index (χ0n) is 9.49. The number of benzene rings is 1. The van der Waals surface area contributed by atoms with Gasteiger partial charge in [0.05, 0.1) is 0 Å². The van der Waals surface area contributed by atoms with Crippen molar-refractivity contribution in [2.45, 2.75) is 39.2 Å². The molecule has 0 unspecified atom stereocenters. The monoisotopic (exact) mass is 225 g/mol. The average molecular weight is 226 g/mol. The van der Waals surface area contributed by atoms with Gasteiger partial charge in [0.2, 0.25) is 0 Å². The maximum Gasteiger partial charge on any atom is 0.0323 e. The molecule has 1 nitrogen and oxygen atoms in total. The zero-order valence-corrected chi connectivity index (χ0v) is 10.3. The highest BCUT2D eigenvalue weighted by Crippen LogP contribution is 2.36. The Balaban J connectivity index is 0.00000112. The maximum absolute atomic E-state index is 6.22. The number of halogens is 1. The van der Waals surface area contributed by atoms with E-state index in [4.69, 9.17) is 5.73 Å². The smallest absolute Gasteiger partial charge is 0.0323 e. The van der Waals surface area contributed by atoms with Crippen LogP contribution < -0.4 is 5.73 Å². The Kier molecular flexibility index (Phi) is 4.18. The van der Waals surface area contributed by atoms with Gasteiger partial charge in [0.1, 0.15) is 0 Å². The largest absolute Gasteiger partial charge is 0.324 e. The first-order chi connectivity index (χ1) is 6.68. The fourth-order valence-electron chi connectivity index (χ4n) is 2.04. The summed E-state index contributed by atoms with van der Waals surface area (Å²) in [5, 5.41) is 0. The molecule has 1 aromatic carbocycles. The third kappa shape index (κ3) is 2.53. The second kappa shape index (κ2) is 5.00. The minimum absolute atomic E-state index is 0. The SMILES string of the molecule is Cc1ccc([C@H](N)C2CCC2)cc1C.Cl. The van der Waals surface area contributed by atoms with E-state index in [9.17, 15) is 0 Å². The number of rotatable bonds is 2. The van der Waals surface area contributed by atoms with Crippen molar-refractivity contribution in [2.24, 2.45) is 11.7 Å². The van der Waals surface area contributed by atoms with Crippen molar-refractivity contribution in [1.29, 1.82) is 0 Å². The molecule has 84 valence electrons. The summed E-state index contributed by atoms with van der Waals surface area (Å²) in [5.74, 6) is 0.733. The highest BCUT2D eigenvalue weighted by molar-refractivity contribution is 5.85. The first kappa shape index (κ1) is 12.5. The normalized spacial score (nSPS) is 17.8. The van der Waals surface area contributed by atoms with E-state index in [2.05, 4.69) is 32.0 Å². The first-order valence-electron chi connectivity index (χ1n) is 5.51. The molecular formula is C13H20ClN. The fourth-order valence-corrected chi connectivity index (χ4v) is 2.04. The Morgan fingerprint density at radius 2 is 1.87 bits per heavy atom. The molecule has 0 bridgehead atoms. The highest BCUT2D eigenvalue weighted by Gasteiger charge is 2.25. The summed E-state index contributed by atoms with van der Waals surface area (Å²) in [6.45, 7) is 4.31. The lowest BCUT2D eigenvalue weighted by Gasteiger charge is -2.31. The third-order valence-corrected chi connectivity index (χ3v) is 3.57. The fraction of sp³-hybridized carbons (Fsp3) is 0.538. The van der Waals surface area contributed by atoms with Crippen LogP contribution in [0.3, 0.4) is 0 Å². The Morgan fingerprint density at radius 3 is 2.33 bits per heavy atom. The van der Waals surface area contributed by atoms with Gasteiger partial charge in [0.25, 0.3) is 0 Å². The molecule has 2 heteroatoms. The first-order valence-corrected chi connectivity index (χ1v) is 5.51. The van der Waals surface area contributed by atoms with Gasteiger partial charge in [-0.25, -0.2) is 0 Å². The second-order valence-electron chi connectivity index (χ2n) is 4.56. The van der Waals surface area contributed by atoms with E-state index in [1.165, 1.54) is 36.0 Å². The molecule has 0 spiro atoms. The molecule has 2 rings (SSSR count). The summed E-state index contributed by atoms with van der Waals surface area (Å²) in [7, 11) is 0. The molecule has 1 fully saturated rings. The lowest BCUT2D eigenvalue weighted by atomic mass is 9.77. The summed E-state index contributed by atoms with van der Waals surface area (Å²) in [4.78, 5) is 0. The summed E-state index contributed by atoms with van der Waals surface area (Å²) in [6, 6.07) is 6.88. The molecule has 1 aromatic rings. The predicted molar refractivity (Wildman–Crippen MR) is 67.4 cm³/mol. The molecule has 1 atom stereocenters. The summed E-state index contributed by atoms with van der Waals surface area (Å²) in [6.07, 6.45) is 3.99. The van der Waals surface area contributed by atoms with Gasteiger partial charge >= 0.3 is 0 Å². The Labute approximate surface area is 98.5 Å². The van der Waals surface area contributed by atoms with Crippen molar-refractivity contribution in [2.75, 3.05) is 0 Å². The molecule has 0 amide bonds. The van der Waals surface area contributed by atoms with E-state index in [-0.39, 0.29) is 18.4 Å². The van der Waals surface area contributed by atoms with Crippen LogP contribution in [0.2, 0.25) is 0 Å². The van der Waals surface area contributed by atoms with Crippen molar-refractivity contribution in [3.05, 3.63) is 34.9 Å². The molecule has 15 heavy (non-hydrogen) atoms. The molecule has 0 radical (unpaired) electrons. The minimum Gasteiger partial charge on any atom is -0.324 e. The van der Waals surface area contributed by atoms with Crippen molar-refractivity contribution in [3.63, 3.8) is 0 Å². The van der Waals surface area contributed by atoms with E-state index < -0.39 is 0 Å². The molecule has 0 saturated heterocycles. The van der Waals surface area contributed by atoms with E-state index in [0.717, 1.165) is 5.92 Å². The topological polar surface area (TPSA) is 26.0 Å². The molecule has 0 aliphatic heterocycles. The molecule has 2 N–H and O–H groups in total. The molecule has 0 heterocycles. The van der Waals surface area contributed by atoms with Crippen molar-refractivity contribution < 1.29 is 0 Å². The average Bonchev–Trinajstić information content (AvgIpc) is 2.06. The molecule has 0 aromatic heterocycles. The second-order valence-corrected chi connectivity index (χ2v) is 4.56. The van der Waals surface area contributed by atoms with Gasteiger partial charge in [-0.3, -0.25) is 0 Å². The lowest BCUT2D eigenvalue weighted by molar-refractivity contribution is 0.264. The molecule has 1 aliphatic rings. The van der Waals surface area contributed by atoms with Crippen LogP contribution in [0, 0.1) is 19.8 Å². The van der Waals surface area contributed by atoms with Crippen LogP contribution in [0.1, 0.15) is 42.0 Å². The van der Waals surface area contributed by atoms with Gasteiger partial charge in [-0.2, -0.15) is 0 Å². The van der Waals surface area contributed by atoms with Crippen LogP contribution in [-0.2, 0) is 0 Å².